The van der Waals surface area contributed by atoms with Crippen molar-refractivity contribution in [3.8, 4) is 5.75 Å². The van der Waals surface area contributed by atoms with E-state index >= 15 is 0 Å². The maximum Gasteiger partial charge on any atom is 0.253 e. The van der Waals surface area contributed by atoms with Gasteiger partial charge < -0.3 is 15.0 Å². The summed E-state index contributed by atoms with van der Waals surface area (Å²) >= 11 is 0. The predicted octanol–water partition coefficient (Wildman–Crippen LogP) is 1.72. The zero-order chi connectivity index (χ0) is 17.6. The molecule has 1 saturated heterocycles. The van der Waals surface area contributed by atoms with Crippen LogP contribution in [0.5, 0.6) is 5.75 Å². The van der Waals surface area contributed by atoms with E-state index in [-0.39, 0.29) is 12.0 Å². The number of aromatic nitrogens is 3. The van der Waals surface area contributed by atoms with Crippen molar-refractivity contribution in [1.82, 2.24) is 20.1 Å². The molecule has 7 heteroatoms. The number of carbonyl (C=O) groups is 1. The number of anilines is 1. The van der Waals surface area contributed by atoms with Gasteiger partial charge in [0.1, 0.15) is 11.9 Å². The quantitative estimate of drug-likeness (QED) is 0.920. The standard InChI is InChI=1S/C18H23N5O2/c1-11-12(2)17(21-15-9-19-18(24)16(11)15)23-6-4-13(5-7-23)25-14-8-20-22(3)10-14/h8,10,13H,4-7,9H2,1-3H3,(H,19,24). The lowest BCUT2D eigenvalue weighted by Crippen LogP contribution is -2.39. The molecule has 0 atom stereocenters. The maximum absolute atomic E-state index is 12.0. The number of rotatable bonds is 3. The monoisotopic (exact) mass is 341 g/mol. The fourth-order valence-corrected chi connectivity index (χ4v) is 3.67. The van der Waals surface area contributed by atoms with Crippen LogP contribution < -0.4 is 15.0 Å². The molecule has 4 heterocycles. The second-order valence-electron chi connectivity index (χ2n) is 6.84. The molecule has 2 aliphatic rings. The number of nitrogens with one attached hydrogen (secondary N) is 1. The Labute approximate surface area is 147 Å². The van der Waals surface area contributed by atoms with E-state index < -0.39 is 0 Å². The molecule has 0 saturated carbocycles. The van der Waals surface area contributed by atoms with Crippen LogP contribution in [0.4, 0.5) is 5.82 Å². The number of aryl methyl sites for hydroxylation is 1. The van der Waals surface area contributed by atoms with Crippen molar-refractivity contribution in [3.05, 3.63) is 34.8 Å². The largest absolute Gasteiger partial charge is 0.487 e. The number of pyridine rings is 1. The molecule has 2 aromatic heterocycles. The number of ether oxygens (including phenoxy) is 1. The smallest absolute Gasteiger partial charge is 0.253 e. The molecule has 1 N–H and O–H groups in total. The predicted molar refractivity (Wildman–Crippen MR) is 94.0 cm³/mol. The first-order chi connectivity index (χ1) is 12.0. The van der Waals surface area contributed by atoms with Gasteiger partial charge in [-0.1, -0.05) is 0 Å². The van der Waals surface area contributed by atoms with E-state index in [9.17, 15) is 4.79 Å². The maximum atomic E-state index is 12.0. The summed E-state index contributed by atoms with van der Waals surface area (Å²) in [6, 6.07) is 0. The molecule has 1 amide bonds. The van der Waals surface area contributed by atoms with E-state index in [1.165, 1.54) is 0 Å². The van der Waals surface area contributed by atoms with Gasteiger partial charge in [-0.05, 0) is 25.0 Å². The third-order valence-corrected chi connectivity index (χ3v) is 5.17. The first-order valence-electron chi connectivity index (χ1n) is 8.71. The van der Waals surface area contributed by atoms with Gasteiger partial charge in [-0.15, -0.1) is 0 Å². The van der Waals surface area contributed by atoms with Crippen LogP contribution in [-0.2, 0) is 13.6 Å². The summed E-state index contributed by atoms with van der Waals surface area (Å²) in [5.41, 5.74) is 3.78. The van der Waals surface area contributed by atoms with Crippen LogP contribution in [-0.4, -0.2) is 39.9 Å². The molecule has 0 bridgehead atoms. The van der Waals surface area contributed by atoms with Gasteiger partial charge in [0.25, 0.3) is 5.91 Å². The first-order valence-corrected chi connectivity index (χ1v) is 8.71. The molecule has 0 unspecified atom stereocenters. The Hall–Kier alpha value is -2.57. The van der Waals surface area contributed by atoms with Crippen LogP contribution in [0.2, 0.25) is 0 Å². The van der Waals surface area contributed by atoms with Crippen molar-refractivity contribution < 1.29 is 9.53 Å². The summed E-state index contributed by atoms with van der Waals surface area (Å²) in [7, 11) is 1.89. The third kappa shape index (κ3) is 2.83. The van der Waals surface area contributed by atoms with Crippen molar-refractivity contribution in [3.63, 3.8) is 0 Å². The zero-order valence-corrected chi connectivity index (χ0v) is 14.9. The van der Waals surface area contributed by atoms with Crippen molar-refractivity contribution in [2.75, 3.05) is 18.0 Å². The Balaban J connectivity index is 1.48. The molecular weight excluding hydrogens is 318 g/mol. The molecule has 2 aliphatic heterocycles. The van der Waals surface area contributed by atoms with Crippen molar-refractivity contribution in [1.29, 1.82) is 0 Å². The summed E-state index contributed by atoms with van der Waals surface area (Å²) in [6.07, 6.45) is 5.75. The number of piperidine rings is 1. The number of carbonyl (C=O) groups excluding carboxylic acids is 1. The van der Waals surface area contributed by atoms with E-state index in [0.29, 0.717) is 6.54 Å². The average Bonchev–Trinajstić information content (AvgIpc) is 3.17. The summed E-state index contributed by atoms with van der Waals surface area (Å²) in [5, 5.41) is 7.01. The minimum Gasteiger partial charge on any atom is -0.487 e. The number of hydrogen-bond donors (Lipinski definition) is 1. The fourth-order valence-electron chi connectivity index (χ4n) is 3.67. The Morgan fingerprint density at radius 3 is 2.68 bits per heavy atom. The third-order valence-electron chi connectivity index (χ3n) is 5.17. The van der Waals surface area contributed by atoms with E-state index in [1.54, 1.807) is 10.9 Å². The van der Waals surface area contributed by atoms with Gasteiger partial charge in [0.2, 0.25) is 0 Å². The van der Waals surface area contributed by atoms with Crippen LogP contribution in [0.25, 0.3) is 0 Å². The van der Waals surface area contributed by atoms with Gasteiger partial charge in [0.15, 0.2) is 5.75 Å². The van der Waals surface area contributed by atoms with E-state index in [1.807, 2.05) is 20.2 Å². The Bertz CT molecular complexity index is 821. The SMILES string of the molecule is Cc1c(N2CCC(Oc3cnn(C)c3)CC2)nc2c(c1C)C(=O)NC2. The lowest BCUT2D eigenvalue weighted by Gasteiger charge is -2.34. The molecule has 1 fully saturated rings. The van der Waals surface area contributed by atoms with E-state index in [0.717, 1.165) is 59.9 Å². The van der Waals surface area contributed by atoms with Crippen molar-refractivity contribution in [2.45, 2.75) is 39.3 Å². The summed E-state index contributed by atoms with van der Waals surface area (Å²) < 4.78 is 7.77. The molecule has 2 aromatic rings. The average molecular weight is 341 g/mol. The second-order valence-corrected chi connectivity index (χ2v) is 6.84. The van der Waals surface area contributed by atoms with Crippen LogP contribution in [0.15, 0.2) is 12.4 Å². The summed E-state index contributed by atoms with van der Waals surface area (Å²) in [4.78, 5) is 19.1. The van der Waals surface area contributed by atoms with Gasteiger partial charge in [0, 0.05) is 33.0 Å². The van der Waals surface area contributed by atoms with Gasteiger partial charge in [0.05, 0.1) is 30.2 Å². The van der Waals surface area contributed by atoms with E-state index in [2.05, 4.69) is 22.2 Å². The summed E-state index contributed by atoms with van der Waals surface area (Å²) in [6.45, 7) is 6.41. The number of fused-ring (bicyclic) bond motifs is 1. The highest BCUT2D eigenvalue weighted by Crippen LogP contribution is 2.30. The van der Waals surface area contributed by atoms with Crippen molar-refractivity contribution in [2.24, 2.45) is 7.05 Å². The molecule has 4 rings (SSSR count). The van der Waals surface area contributed by atoms with Crippen LogP contribution in [0.3, 0.4) is 0 Å². The molecule has 0 aromatic carbocycles. The van der Waals surface area contributed by atoms with Gasteiger partial charge >= 0.3 is 0 Å². The van der Waals surface area contributed by atoms with Gasteiger partial charge in [-0.25, -0.2) is 4.98 Å². The molecule has 0 spiro atoms. The molecule has 25 heavy (non-hydrogen) atoms. The highest BCUT2D eigenvalue weighted by Gasteiger charge is 2.29. The first kappa shape index (κ1) is 15.9. The highest BCUT2D eigenvalue weighted by molar-refractivity contribution is 5.99. The molecule has 7 nitrogen and oxygen atoms in total. The minimum absolute atomic E-state index is 0.00164. The number of amides is 1. The highest BCUT2D eigenvalue weighted by atomic mass is 16.5. The number of nitrogens with zero attached hydrogens (tertiary/aromatic N) is 4. The number of hydrogen-bond acceptors (Lipinski definition) is 5. The van der Waals surface area contributed by atoms with Crippen LogP contribution in [0.1, 0.15) is 40.0 Å². The summed E-state index contributed by atoms with van der Waals surface area (Å²) in [5.74, 6) is 1.83. The lowest BCUT2D eigenvalue weighted by molar-refractivity contribution is 0.0965. The van der Waals surface area contributed by atoms with Crippen LogP contribution in [0, 0.1) is 13.8 Å². The normalized spacial score (nSPS) is 17.6. The lowest BCUT2D eigenvalue weighted by atomic mass is 10.0. The minimum atomic E-state index is -0.00164. The molecule has 0 aliphatic carbocycles. The van der Waals surface area contributed by atoms with Crippen molar-refractivity contribution >= 4 is 11.7 Å². The molecule has 0 radical (unpaired) electrons. The fraction of sp³-hybridized carbons (Fsp3) is 0.500. The second kappa shape index (κ2) is 6.06. The Kier molecular flexibility index (Phi) is 3.86. The Morgan fingerprint density at radius 2 is 2.00 bits per heavy atom. The van der Waals surface area contributed by atoms with Gasteiger partial charge in [-0.2, -0.15) is 5.10 Å². The Morgan fingerprint density at radius 1 is 1.24 bits per heavy atom. The molecular formula is C18H23N5O2. The molecule has 132 valence electrons. The van der Waals surface area contributed by atoms with Gasteiger partial charge in [-0.3, -0.25) is 9.48 Å². The van der Waals surface area contributed by atoms with E-state index in [4.69, 9.17) is 9.72 Å². The van der Waals surface area contributed by atoms with Crippen LogP contribution >= 0.6 is 0 Å². The zero-order valence-electron chi connectivity index (χ0n) is 14.9. The topological polar surface area (TPSA) is 72.3 Å².